The molecule has 0 fully saturated rings. The number of amides is 1. The van der Waals surface area contributed by atoms with Gasteiger partial charge in [0.1, 0.15) is 11.9 Å². The van der Waals surface area contributed by atoms with E-state index in [1.54, 1.807) is 7.05 Å². The van der Waals surface area contributed by atoms with Crippen molar-refractivity contribution < 1.29 is 9.53 Å². The fraction of sp³-hybridized carbons (Fsp3) is 0.333. The van der Waals surface area contributed by atoms with Gasteiger partial charge in [0.15, 0.2) is 5.96 Å². The number of para-hydroxylation sites is 2. The number of rotatable bonds is 6. The molecule has 1 aliphatic heterocycles. The maximum atomic E-state index is 11.9. The van der Waals surface area contributed by atoms with Gasteiger partial charge in [0.2, 0.25) is 5.91 Å². The van der Waals surface area contributed by atoms with Crippen LogP contribution in [0.2, 0.25) is 0 Å². The quantitative estimate of drug-likeness (QED) is 0.543. The summed E-state index contributed by atoms with van der Waals surface area (Å²) < 4.78 is 5.87. The average Bonchev–Trinajstić information content (AvgIpc) is 2.68. The van der Waals surface area contributed by atoms with Gasteiger partial charge in [0.25, 0.3) is 0 Å². The first-order valence-electron chi connectivity index (χ1n) is 9.20. The molecular formula is C21H26N4O2. The molecule has 3 rings (SSSR count). The smallest absolute Gasteiger partial charge is 0.225 e. The number of nitrogens with one attached hydrogen (secondary N) is 3. The van der Waals surface area contributed by atoms with Crippen LogP contribution in [0.4, 0.5) is 5.69 Å². The third-order valence-corrected chi connectivity index (χ3v) is 4.48. The highest BCUT2D eigenvalue weighted by atomic mass is 16.5. The fourth-order valence-electron chi connectivity index (χ4n) is 3.14. The van der Waals surface area contributed by atoms with Crippen LogP contribution in [0, 0.1) is 0 Å². The van der Waals surface area contributed by atoms with Crippen molar-refractivity contribution in [2.24, 2.45) is 4.99 Å². The highest BCUT2D eigenvalue weighted by Gasteiger charge is 2.24. The van der Waals surface area contributed by atoms with Crippen molar-refractivity contribution in [2.75, 3.05) is 25.5 Å². The van der Waals surface area contributed by atoms with Gasteiger partial charge in [-0.1, -0.05) is 36.4 Å². The Balaban J connectivity index is 1.50. The van der Waals surface area contributed by atoms with E-state index in [1.165, 1.54) is 0 Å². The van der Waals surface area contributed by atoms with Crippen molar-refractivity contribution in [3.63, 3.8) is 0 Å². The van der Waals surface area contributed by atoms with Crippen LogP contribution in [0.1, 0.15) is 24.8 Å². The molecule has 0 bridgehead atoms. The van der Waals surface area contributed by atoms with Gasteiger partial charge in [0, 0.05) is 31.6 Å². The zero-order chi connectivity index (χ0) is 19.1. The summed E-state index contributed by atoms with van der Waals surface area (Å²) in [6.45, 7) is 3.27. The lowest BCUT2D eigenvalue weighted by atomic mass is 9.90. The first-order valence-corrected chi connectivity index (χ1v) is 9.20. The minimum atomic E-state index is -0.00728. The summed E-state index contributed by atoms with van der Waals surface area (Å²) >= 11 is 0. The van der Waals surface area contributed by atoms with E-state index in [-0.39, 0.29) is 17.9 Å². The molecule has 142 valence electrons. The zero-order valence-corrected chi connectivity index (χ0v) is 15.7. The first kappa shape index (κ1) is 18.8. The van der Waals surface area contributed by atoms with Crippen LogP contribution in [0.3, 0.4) is 0 Å². The lowest BCUT2D eigenvalue weighted by Crippen LogP contribution is -2.43. The summed E-state index contributed by atoms with van der Waals surface area (Å²) in [5, 5.41) is 9.53. The number of carbonyl (C=O) groups excluding carboxylic acids is 1. The highest BCUT2D eigenvalue weighted by Crippen LogP contribution is 2.31. The van der Waals surface area contributed by atoms with E-state index in [1.807, 2.05) is 55.5 Å². The second kappa shape index (κ2) is 9.07. The molecule has 0 saturated carbocycles. The molecular weight excluding hydrogens is 340 g/mol. The van der Waals surface area contributed by atoms with Gasteiger partial charge in [-0.05, 0) is 30.7 Å². The molecule has 2 aromatic rings. The summed E-state index contributed by atoms with van der Waals surface area (Å²) in [6.07, 6.45) is 0.460. The Bertz CT molecular complexity index is 792. The second-order valence-electron chi connectivity index (χ2n) is 6.61. The molecule has 2 aromatic carbocycles. The van der Waals surface area contributed by atoms with Crippen LogP contribution in [0.5, 0.6) is 5.75 Å². The lowest BCUT2D eigenvalue weighted by molar-refractivity contribution is -0.116. The number of benzene rings is 2. The molecule has 0 aromatic heterocycles. The molecule has 6 nitrogen and oxygen atoms in total. The van der Waals surface area contributed by atoms with Gasteiger partial charge in [-0.3, -0.25) is 9.79 Å². The minimum absolute atomic E-state index is 0.00728. The predicted molar refractivity (Wildman–Crippen MR) is 108 cm³/mol. The Kier molecular flexibility index (Phi) is 6.30. The number of guanidine groups is 1. The topological polar surface area (TPSA) is 74.8 Å². The van der Waals surface area contributed by atoms with Crippen LogP contribution < -0.4 is 20.7 Å². The Hall–Kier alpha value is -3.02. The number of anilines is 1. The summed E-state index contributed by atoms with van der Waals surface area (Å²) in [4.78, 5) is 16.2. The van der Waals surface area contributed by atoms with E-state index in [0.717, 1.165) is 17.0 Å². The van der Waals surface area contributed by atoms with Crippen molar-refractivity contribution in [1.29, 1.82) is 0 Å². The van der Waals surface area contributed by atoms with Crippen molar-refractivity contribution in [2.45, 2.75) is 25.4 Å². The summed E-state index contributed by atoms with van der Waals surface area (Å²) in [6, 6.07) is 17.7. The van der Waals surface area contributed by atoms with Gasteiger partial charge >= 0.3 is 0 Å². The average molecular weight is 366 g/mol. The predicted octanol–water partition coefficient (Wildman–Crippen LogP) is 2.74. The summed E-state index contributed by atoms with van der Waals surface area (Å²) in [5.74, 6) is 1.71. The van der Waals surface area contributed by atoms with Crippen LogP contribution in [-0.4, -0.2) is 38.1 Å². The number of fused-ring (bicyclic) bond motifs is 1. The van der Waals surface area contributed by atoms with Crippen molar-refractivity contribution >= 4 is 17.6 Å². The molecule has 1 amide bonds. The normalized spacial score (nSPS) is 17.5. The van der Waals surface area contributed by atoms with Gasteiger partial charge in [-0.15, -0.1) is 0 Å². The maximum Gasteiger partial charge on any atom is 0.225 e. The number of carbonyl (C=O) groups is 1. The largest absolute Gasteiger partial charge is 0.489 e. The minimum Gasteiger partial charge on any atom is -0.489 e. The molecule has 0 saturated heterocycles. The summed E-state index contributed by atoms with van der Waals surface area (Å²) in [7, 11) is 1.74. The van der Waals surface area contributed by atoms with Crippen molar-refractivity contribution in [3.05, 3.63) is 60.2 Å². The van der Waals surface area contributed by atoms with Gasteiger partial charge < -0.3 is 20.7 Å². The molecule has 1 heterocycles. The number of hydrogen-bond acceptors (Lipinski definition) is 3. The highest BCUT2D eigenvalue weighted by molar-refractivity contribution is 5.94. The van der Waals surface area contributed by atoms with E-state index >= 15 is 0 Å². The fourth-order valence-corrected chi connectivity index (χ4v) is 3.14. The third kappa shape index (κ3) is 5.23. The second-order valence-corrected chi connectivity index (χ2v) is 6.61. The first-order chi connectivity index (χ1) is 13.2. The van der Waals surface area contributed by atoms with E-state index in [0.29, 0.717) is 25.5 Å². The van der Waals surface area contributed by atoms with Crippen LogP contribution in [0.15, 0.2) is 59.6 Å². The number of nitrogens with zero attached hydrogens (tertiary/aromatic N) is 1. The van der Waals surface area contributed by atoms with E-state index in [2.05, 4.69) is 27.0 Å². The Morgan fingerprint density at radius 3 is 2.70 bits per heavy atom. The molecule has 0 aliphatic carbocycles. The molecule has 2 unspecified atom stereocenters. The number of ether oxygens (including phenoxy) is 1. The van der Waals surface area contributed by atoms with E-state index in [9.17, 15) is 4.79 Å². The zero-order valence-electron chi connectivity index (χ0n) is 15.7. The molecule has 27 heavy (non-hydrogen) atoms. The Morgan fingerprint density at radius 1 is 1.19 bits per heavy atom. The molecule has 1 aliphatic rings. The van der Waals surface area contributed by atoms with Gasteiger partial charge in [-0.25, -0.2) is 0 Å². The van der Waals surface area contributed by atoms with Crippen LogP contribution >= 0.6 is 0 Å². The number of hydrogen-bond donors (Lipinski definition) is 3. The molecule has 0 radical (unpaired) electrons. The SMILES string of the molecule is CN=C(NCC(C)Oc1ccccc1)NCC1CC(=O)Nc2ccccc21. The summed E-state index contributed by atoms with van der Waals surface area (Å²) in [5.41, 5.74) is 2.05. The van der Waals surface area contributed by atoms with Crippen molar-refractivity contribution in [3.8, 4) is 5.75 Å². The molecule has 3 N–H and O–H groups in total. The third-order valence-electron chi connectivity index (χ3n) is 4.48. The van der Waals surface area contributed by atoms with Gasteiger partial charge in [0.05, 0.1) is 6.54 Å². The van der Waals surface area contributed by atoms with E-state index < -0.39 is 0 Å². The van der Waals surface area contributed by atoms with Crippen LogP contribution in [-0.2, 0) is 4.79 Å². The lowest BCUT2D eigenvalue weighted by Gasteiger charge is -2.26. The molecule has 0 spiro atoms. The maximum absolute atomic E-state index is 11.9. The molecule has 6 heteroatoms. The van der Waals surface area contributed by atoms with Gasteiger partial charge in [-0.2, -0.15) is 0 Å². The Labute approximate surface area is 160 Å². The van der Waals surface area contributed by atoms with E-state index in [4.69, 9.17) is 4.74 Å². The number of aliphatic imine (C=N–C) groups is 1. The standard InChI is InChI=1S/C21H26N4O2/c1-15(27-17-8-4-3-5-9-17)13-23-21(22-2)24-14-16-12-20(26)25-19-11-7-6-10-18(16)19/h3-11,15-16H,12-14H2,1-2H3,(H,25,26)(H2,22,23,24). The molecule has 2 atom stereocenters. The Morgan fingerprint density at radius 2 is 1.93 bits per heavy atom. The monoisotopic (exact) mass is 366 g/mol. The van der Waals surface area contributed by atoms with Crippen LogP contribution in [0.25, 0.3) is 0 Å². The van der Waals surface area contributed by atoms with Crippen molar-refractivity contribution in [1.82, 2.24) is 10.6 Å².